The first kappa shape index (κ1) is 27.1. The van der Waals surface area contributed by atoms with Crippen molar-refractivity contribution in [2.24, 2.45) is 7.05 Å². The molecular formula is C28H32N9O2P. The first-order valence-electron chi connectivity index (χ1n) is 12.6. The van der Waals surface area contributed by atoms with Gasteiger partial charge < -0.3 is 24.8 Å². The van der Waals surface area contributed by atoms with Gasteiger partial charge in [0.05, 0.1) is 35.5 Å². The maximum atomic E-state index is 13.4. The van der Waals surface area contributed by atoms with Gasteiger partial charge in [-0.1, -0.05) is 0 Å². The van der Waals surface area contributed by atoms with Crippen molar-refractivity contribution in [1.82, 2.24) is 29.7 Å². The van der Waals surface area contributed by atoms with E-state index < -0.39 is 7.14 Å². The number of aryl methyl sites for hydroxylation is 2. The van der Waals surface area contributed by atoms with Gasteiger partial charge in [0.15, 0.2) is 0 Å². The Hall–Kier alpha value is -4.50. The van der Waals surface area contributed by atoms with Crippen LogP contribution >= 0.6 is 7.14 Å². The molecule has 2 aromatic carbocycles. The van der Waals surface area contributed by atoms with Crippen molar-refractivity contribution in [2.45, 2.75) is 6.92 Å². The molecule has 40 heavy (non-hydrogen) atoms. The number of nitrogens with one attached hydrogen (secondary N) is 2. The molecule has 11 nitrogen and oxygen atoms in total. The lowest BCUT2D eigenvalue weighted by Crippen LogP contribution is -2.14. The molecule has 0 bridgehead atoms. The van der Waals surface area contributed by atoms with Gasteiger partial charge in [-0.25, -0.2) is 4.98 Å². The lowest BCUT2D eigenvalue weighted by Gasteiger charge is -2.21. The molecule has 0 saturated heterocycles. The zero-order valence-corrected chi connectivity index (χ0v) is 24.5. The average molecular weight is 558 g/mol. The Morgan fingerprint density at radius 1 is 1.00 bits per heavy atom. The van der Waals surface area contributed by atoms with Gasteiger partial charge in [-0.3, -0.25) is 14.6 Å². The third-order valence-electron chi connectivity index (χ3n) is 6.44. The van der Waals surface area contributed by atoms with Gasteiger partial charge >= 0.3 is 0 Å². The number of fused-ring (bicyclic) bond motifs is 1. The summed E-state index contributed by atoms with van der Waals surface area (Å²) in [5.74, 6) is 1.59. The fraction of sp³-hybridized carbons (Fsp3) is 0.250. The minimum Gasteiger partial charge on any atom is -0.494 e. The summed E-state index contributed by atoms with van der Waals surface area (Å²) < 4.78 is 20.8. The first-order chi connectivity index (χ1) is 19.0. The summed E-state index contributed by atoms with van der Waals surface area (Å²) in [4.78, 5) is 20.2. The molecule has 0 aliphatic heterocycles. The Morgan fingerprint density at radius 2 is 1.77 bits per heavy atom. The van der Waals surface area contributed by atoms with E-state index in [1.165, 1.54) is 0 Å². The van der Waals surface area contributed by atoms with Gasteiger partial charge in [-0.15, -0.1) is 0 Å². The molecule has 0 radical (unpaired) electrons. The molecule has 0 saturated carbocycles. The highest BCUT2D eigenvalue weighted by Crippen LogP contribution is 2.42. The number of nitrogens with zero attached hydrogens (tertiary/aromatic N) is 7. The Balaban J connectivity index is 1.55. The highest BCUT2D eigenvalue weighted by Gasteiger charge is 2.22. The average Bonchev–Trinajstić information content (AvgIpc) is 3.35. The Bertz CT molecular complexity index is 1760. The summed E-state index contributed by atoms with van der Waals surface area (Å²) in [6, 6.07) is 7.70. The van der Waals surface area contributed by atoms with E-state index in [4.69, 9.17) is 9.72 Å². The minimum absolute atomic E-state index is 0.374. The van der Waals surface area contributed by atoms with E-state index in [2.05, 4.69) is 30.7 Å². The lowest BCUT2D eigenvalue weighted by atomic mass is 10.0. The van der Waals surface area contributed by atoms with Crippen molar-refractivity contribution in [3.8, 4) is 16.9 Å². The van der Waals surface area contributed by atoms with Gasteiger partial charge in [0.25, 0.3) is 0 Å². The molecule has 0 aliphatic carbocycles. The summed E-state index contributed by atoms with van der Waals surface area (Å²) in [6.45, 7) is 5.37. The molecule has 0 amide bonds. The van der Waals surface area contributed by atoms with Crippen LogP contribution in [0, 0.1) is 6.92 Å². The van der Waals surface area contributed by atoms with Crippen LogP contribution in [0.3, 0.4) is 0 Å². The van der Waals surface area contributed by atoms with Crippen molar-refractivity contribution in [3.05, 3.63) is 60.8 Å². The second-order valence-electron chi connectivity index (χ2n) is 10.1. The van der Waals surface area contributed by atoms with Crippen LogP contribution in [0.15, 0.2) is 55.2 Å². The smallest absolute Gasteiger partial charge is 0.229 e. The second-order valence-corrected chi connectivity index (χ2v) is 13.2. The molecule has 3 heterocycles. The van der Waals surface area contributed by atoms with E-state index in [-0.39, 0.29) is 0 Å². The van der Waals surface area contributed by atoms with E-state index in [9.17, 15) is 4.57 Å². The lowest BCUT2D eigenvalue weighted by molar-refractivity contribution is 0.417. The molecule has 0 fully saturated rings. The molecular weight excluding hydrogens is 525 g/mol. The summed E-state index contributed by atoms with van der Waals surface area (Å²) in [6.07, 6.45) is 8.76. The first-order valence-corrected chi connectivity index (χ1v) is 15.2. The number of rotatable bonds is 8. The summed E-state index contributed by atoms with van der Waals surface area (Å²) in [5, 5.41) is 11.7. The van der Waals surface area contributed by atoms with E-state index in [0.717, 1.165) is 22.4 Å². The molecule has 0 aliphatic rings. The van der Waals surface area contributed by atoms with Gasteiger partial charge in [0, 0.05) is 74.4 Å². The van der Waals surface area contributed by atoms with E-state index >= 15 is 0 Å². The Kier molecular flexibility index (Phi) is 7.16. The number of hydrogen-bond donors (Lipinski definition) is 2. The number of methoxy groups -OCH3 is 1. The van der Waals surface area contributed by atoms with Crippen molar-refractivity contribution in [3.63, 3.8) is 0 Å². The predicted molar refractivity (Wildman–Crippen MR) is 161 cm³/mol. The number of anilines is 5. The maximum absolute atomic E-state index is 13.4. The van der Waals surface area contributed by atoms with Crippen LogP contribution < -0.4 is 25.6 Å². The zero-order valence-electron chi connectivity index (χ0n) is 23.6. The highest BCUT2D eigenvalue weighted by atomic mass is 31.2. The number of aromatic nitrogens is 6. The van der Waals surface area contributed by atoms with Crippen molar-refractivity contribution in [1.29, 1.82) is 0 Å². The van der Waals surface area contributed by atoms with Gasteiger partial charge in [-0.05, 0) is 38.5 Å². The maximum Gasteiger partial charge on any atom is 0.229 e. The van der Waals surface area contributed by atoms with Crippen LogP contribution in [-0.4, -0.2) is 64.3 Å². The van der Waals surface area contributed by atoms with Gasteiger partial charge in [-0.2, -0.15) is 10.1 Å². The summed E-state index contributed by atoms with van der Waals surface area (Å²) >= 11 is 0. The second kappa shape index (κ2) is 10.6. The third kappa shape index (κ3) is 5.33. The Morgan fingerprint density at radius 3 is 2.45 bits per heavy atom. The van der Waals surface area contributed by atoms with Crippen LogP contribution in [0.5, 0.6) is 5.75 Å². The van der Waals surface area contributed by atoms with E-state index in [0.29, 0.717) is 45.2 Å². The molecule has 0 spiro atoms. The zero-order chi connectivity index (χ0) is 28.6. The van der Waals surface area contributed by atoms with Gasteiger partial charge in [0.1, 0.15) is 24.2 Å². The molecule has 3 aromatic heterocycles. The highest BCUT2D eigenvalue weighted by molar-refractivity contribution is 7.71. The molecule has 5 rings (SSSR count). The summed E-state index contributed by atoms with van der Waals surface area (Å²) in [5.41, 5.74) is 6.43. The Labute approximate surface area is 233 Å². The van der Waals surface area contributed by atoms with Crippen molar-refractivity contribution in [2.75, 3.05) is 50.1 Å². The van der Waals surface area contributed by atoms with E-state index in [1.54, 1.807) is 43.7 Å². The summed E-state index contributed by atoms with van der Waals surface area (Å²) in [7, 11) is 4.76. The van der Waals surface area contributed by atoms with Crippen LogP contribution in [0.1, 0.15) is 5.56 Å². The normalized spacial score (nSPS) is 11.5. The van der Waals surface area contributed by atoms with Crippen LogP contribution in [0.4, 0.5) is 28.8 Å². The molecule has 0 atom stereocenters. The topological polar surface area (TPSA) is 123 Å². The van der Waals surface area contributed by atoms with E-state index in [1.807, 2.05) is 69.6 Å². The van der Waals surface area contributed by atoms with Crippen molar-refractivity contribution < 1.29 is 9.30 Å². The number of ether oxygens (including phenoxy) is 1. The fourth-order valence-electron chi connectivity index (χ4n) is 4.54. The molecule has 12 heteroatoms. The SMILES string of the molecule is COc1cc(N(C)C)c(-c2cnn(C)c2)cc1Nc1ncc(C)c(Nc2ccc3nccnc3c2P(C)(C)=O)n1. The molecule has 5 aromatic rings. The monoisotopic (exact) mass is 557 g/mol. The van der Waals surface area contributed by atoms with Crippen LogP contribution in [-0.2, 0) is 11.6 Å². The number of hydrogen-bond acceptors (Lipinski definition) is 10. The van der Waals surface area contributed by atoms with Crippen LogP contribution in [0.2, 0.25) is 0 Å². The van der Waals surface area contributed by atoms with Gasteiger partial charge in [0.2, 0.25) is 5.95 Å². The molecule has 2 N–H and O–H groups in total. The minimum atomic E-state index is -2.73. The van der Waals surface area contributed by atoms with Crippen LogP contribution in [0.25, 0.3) is 22.2 Å². The standard InChI is InChI=1S/C28H32N9O2P/c1-17-14-31-28(34-22-12-19(18-15-32-37(4)16-18)23(36(2)3)13-24(22)39-5)35-27(17)33-21-9-8-20-25(30-11-10-29-20)26(21)40(6,7)38/h8-16H,1-7H3,(H2,31,33,34,35). The molecule has 206 valence electrons. The largest absolute Gasteiger partial charge is 0.494 e. The number of benzene rings is 2. The molecule has 0 unspecified atom stereocenters. The predicted octanol–water partition coefficient (Wildman–Crippen LogP) is 4.94. The fourth-order valence-corrected chi connectivity index (χ4v) is 5.93. The third-order valence-corrected chi connectivity index (χ3v) is 7.97. The quantitative estimate of drug-likeness (QED) is 0.254. The van der Waals surface area contributed by atoms with Crippen molar-refractivity contribution >= 4 is 52.3 Å².